The van der Waals surface area contributed by atoms with E-state index in [1.54, 1.807) is 18.2 Å². The lowest BCUT2D eigenvalue weighted by atomic mass is 10.1. The van der Waals surface area contributed by atoms with Gasteiger partial charge in [0.15, 0.2) is 8.32 Å². The Bertz CT molecular complexity index is 579. The maximum Gasteiger partial charge on any atom is 0.192 e. The molecule has 0 aliphatic heterocycles. The van der Waals surface area contributed by atoms with Crippen LogP contribution in [0.2, 0.25) is 18.1 Å². The molecule has 0 unspecified atom stereocenters. The smallest absolute Gasteiger partial charge is 0.192 e. The van der Waals surface area contributed by atoms with E-state index < -0.39 is 30.1 Å². The topological polar surface area (TPSA) is 38.3 Å². The van der Waals surface area contributed by atoms with Crippen LogP contribution in [-0.2, 0) is 15.4 Å². The zero-order chi connectivity index (χ0) is 18.8. The average Bonchev–Trinajstić information content (AvgIpc) is 2.41. The van der Waals surface area contributed by atoms with E-state index in [1.807, 2.05) is 20.8 Å². The average molecular weight is 374 g/mol. The van der Waals surface area contributed by atoms with Gasteiger partial charge in [-0.1, -0.05) is 39.0 Å². The van der Waals surface area contributed by atoms with Crippen molar-refractivity contribution in [1.82, 2.24) is 4.72 Å². The third kappa shape index (κ3) is 5.76. The van der Waals surface area contributed by atoms with Gasteiger partial charge >= 0.3 is 0 Å². The first kappa shape index (κ1) is 21.5. The van der Waals surface area contributed by atoms with Crippen LogP contribution in [0.15, 0.2) is 24.3 Å². The highest BCUT2D eigenvalue weighted by Crippen LogP contribution is 2.37. The van der Waals surface area contributed by atoms with Crippen molar-refractivity contribution < 1.29 is 13.0 Å². The van der Waals surface area contributed by atoms with Crippen LogP contribution in [0.3, 0.4) is 0 Å². The summed E-state index contributed by atoms with van der Waals surface area (Å²) in [7, 11) is -3.28. The molecule has 0 aliphatic rings. The van der Waals surface area contributed by atoms with Crippen molar-refractivity contribution in [2.45, 2.75) is 70.5 Å². The van der Waals surface area contributed by atoms with Crippen LogP contribution >= 0.6 is 0 Å². The SMILES string of the molecule is CC(C)(C)[S@@](=O)N[C@H](CO[Si](C)(C)C(C)(C)C)c1ccccc1F. The summed E-state index contributed by atoms with van der Waals surface area (Å²) in [5, 5.41) is 0.0654. The van der Waals surface area contributed by atoms with Crippen molar-refractivity contribution in [2.24, 2.45) is 0 Å². The molecule has 0 saturated carbocycles. The van der Waals surface area contributed by atoms with E-state index >= 15 is 0 Å². The molecule has 24 heavy (non-hydrogen) atoms. The van der Waals surface area contributed by atoms with Crippen molar-refractivity contribution >= 4 is 19.3 Å². The number of hydrogen-bond donors (Lipinski definition) is 1. The van der Waals surface area contributed by atoms with E-state index in [4.69, 9.17) is 4.43 Å². The summed E-state index contributed by atoms with van der Waals surface area (Å²) in [4.78, 5) is 0. The largest absolute Gasteiger partial charge is 0.415 e. The highest BCUT2D eigenvalue weighted by atomic mass is 32.2. The van der Waals surface area contributed by atoms with E-state index in [9.17, 15) is 8.60 Å². The lowest BCUT2D eigenvalue weighted by molar-refractivity contribution is 0.255. The standard InChI is InChI=1S/C18H32FNO2SSi/c1-17(2,3)23(21)20-16(14-11-9-10-12-15(14)19)13-22-24(7,8)18(4,5)6/h9-12,16,20H,13H2,1-8H3/t16-,23-/m1/s1. The van der Waals surface area contributed by atoms with Crippen LogP contribution < -0.4 is 4.72 Å². The normalized spacial score (nSPS) is 16.0. The Morgan fingerprint density at radius 3 is 2.17 bits per heavy atom. The summed E-state index contributed by atoms with van der Waals surface area (Å²) < 4.78 is 35.7. The molecule has 0 fully saturated rings. The van der Waals surface area contributed by atoms with Gasteiger partial charge in [0.25, 0.3) is 0 Å². The van der Waals surface area contributed by atoms with E-state index in [1.165, 1.54) is 6.07 Å². The third-order valence-electron chi connectivity index (χ3n) is 4.50. The molecule has 0 saturated heterocycles. The Kier molecular flexibility index (Phi) is 6.95. The highest BCUT2D eigenvalue weighted by molar-refractivity contribution is 7.84. The maximum absolute atomic E-state index is 14.3. The molecule has 0 aliphatic carbocycles. The van der Waals surface area contributed by atoms with Gasteiger partial charge in [-0.2, -0.15) is 0 Å². The van der Waals surface area contributed by atoms with Gasteiger partial charge < -0.3 is 4.43 Å². The summed E-state index contributed by atoms with van der Waals surface area (Å²) in [5.41, 5.74) is 0.494. The number of benzene rings is 1. The molecule has 1 aromatic rings. The number of hydrogen-bond acceptors (Lipinski definition) is 2. The van der Waals surface area contributed by atoms with E-state index in [0.29, 0.717) is 12.2 Å². The summed E-state index contributed by atoms with van der Waals surface area (Å²) in [6.07, 6.45) is 0. The van der Waals surface area contributed by atoms with Gasteiger partial charge in [-0.05, 0) is 45.0 Å². The van der Waals surface area contributed by atoms with Crippen LogP contribution in [0.5, 0.6) is 0 Å². The van der Waals surface area contributed by atoms with Crippen LogP contribution in [0, 0.1) is 5.82 Å². The molecule has 2 atom stereocenters. The Labute approximate surface area is 150 Å². The monoisotopic (exact) mass is 373 g/mol. The van der Waals surface area contributed by atoms with Gasteiger partial charge in [0.1, 0.15) is 5.82 Å². The second kappa shape index (κ2) is 7.77. The molecule has 1 aromatic carbocycles. The van der Waals surface area contributed by atoms with Crippen molar-refractivity contribution in [3.8, 4) is 0 Å². The first-order chi connectivity index (χ1) is 10.8. The summed E-state index contributed by atoms with van der Waals surface area (Å²) in [5.74, 6) is -0.306. The molecular formula is C18H32FNO2SSi. The summed E-state index contributed by atoms with van der Waals surface area (Å²) >= 11 is 0. The van der Waals surface area contributed by atoms with Gasteiger partial charge in [0.05, 0.1) is 28.4 Å². The zero-order valence-corrected chi connectivity index (χ0v) is 18.0. The molecule has 138 valence electrons. The van der Waals surface area contributed by atoms with Crippen LogP contribution in [0.1, 0.15) is 53.1 Å². The van der Waals surface area contributed by atoms with Crippen molar-refractivity contribution in [3.63, 3.8) is 0 Å². The molecule has 0 amide bonds. The Balaban J connectivity index is 3.03. The fourth-order valence-corrected chi connectivity index (χ4v) is 3.58. The van der Waals surface area contributed by atoms with Gasteiger partial charge in [-0.15, -0.1) is 0 Å². The molecule has 6 heteroatoms. The van der Waals surface area contributed by atoms with E-state index in [2.05, 4.69) is 38.6 Å². The Hall–Kier alpha value is -0.563. The molecule has 1 N–H and O–H groups in total. The second-order valence-electron chi connectivity index (χ2n) is 8.64. The molecule has 0 heterocycles. The zero-order valence-electron chi connectivity index (χ0n) is 16.2. The van der Waals surface area contributed by atoms with Crippen LogP contribution in [0.25, 0.3) is 0 Å². The molecular weight excluding hydrogens is 341 g/mol. The lowest BCUT2D eigenvalue weighted by Gasteiger charge is -2.37. The minimum Gasteiger partial charge on any atom is -0.415 e. The molecule has 0 aromatic heterocycles. The van der Waals surface area contributed by atoms with Crippen molar-refractivity contribution in [2.75, 3.05) is 6.61 Å². The minimum absolute atomic E-state index is 0.0654. The number of halogens is 1. The molecule has 0 radical (unpaired) electrons. The fourth-order valence-electron chi connectivity index (χ4n) is 1.76. The van der Waals surface area contributed by atoms with Gasteiger partial charge in [-0.3, -0.25) is 0 Å². The number of rotatable bonds is 6. The van der Waals surface area contributed by atoms with Crippen LogP contribution in [0.4, 0.5) is 4.39 Å². The number of nitrogens with one attached hydrogen (secondary N) is 1. The molecule has 0 spiro atoms. The fraction of sp³-hybridized carbons (Fsp3) is 0.667. The predicted octanol–water partition coefficient (Wildman–Crippen LogP) is 4.94. The lowest BCUT2D eigenvalue weighted by Crippen LogP contribution is -2.44. The van der Waals surface area contributed by atoms with Crippen molar-refractivity contribution in [1.29, 1.82) is 0 Å². The first-order valence-electron chi connectivity index (χ1n) is 8.32. The van der Waals surface area contributed by atoms with Gasteiger partial charge in [0.2, 0.25) is 0 Å². The van der Waals surface area contributed by atoms with E-state index in [0.717, 1.165) is 0 Å². The quantitative estimate of drug-likeness (QED) is 0.717. The van der Waals surface area contributed by atoms with Gasteiger partial charge in [-0.25, -0.2) is 13.3 Å². The van der Waals surface area contributed by atoms with E-state index in [-0.39, 0.29) is 10.9 Å². The first-order valence-corrected chi connectivity index (χ1v) is 12.4. The summed E-state index contributed by atoms with van der Waals surface area (Å²) in [6.45, 7) is 16.8. The van der Waals surface area contributed by atoms with Crippen molar-refractivity contribution in [3.05, 3.63) is 35.6 Å². The summed E-state index contributed by atoms with van der Waals surface area (Å²) in [6, 6.07) is 6.16. The Morgan fingerprint density at radius 2 is 1.71 bits per heavy atom. The molecule has 0 bridgehead atoms. The highest BCUT2D eigenvalue weighted by Gasteiger charge is 2.38. The third-order valence-corrected chi connectivity index (χ3v) is 10.6. The van der Waals surface area contributed by atoms with Gasteiger partial charge in [0, 0.05) is 5.56 Å². The maximum atomic E-state index is 14.3. The Morgan fingerprint density at radius 1 is 1.17 bits per heavy atom. The molecule has 1 rings (SSSR count). The molecule has 3 nitrogen and oxygen atoms in total. The second-order valence-corrected chi connectivity index (χ2v) is 15.5. The van der Waals surface area contributed by atoms with Crippen LogP contribution in [-0.4, -0.2) is 23.9 Å². The minimum atomic E-state index is -1.98. The predicted molar refractivity (Wildman–Crippen MR) is 103 cm³/mol.